The number of carboxylic acids is 2. The van der Waals surface area contributed by atoms with Gasteiger partial charge < -0.3 is 30.6 Å². The zero-order valence-electron chi connectivity index (χ0n) is 25.4. The van der Waals surface area contributed by atoms with E-state index in [9.17, 15) is 22.6 Å². The molecule has 0 atom stereocenters. The highest BCUT2D eigenvalue weighted by atomic mass is 35.5. The van der Waals surface area contributed by atoms with Crippen molar-refractivity contribution in [3.05, 3.63) is 58.1 Å². The average molecular weight is 772 g/mol. The molecule has 0 spiro atoms. The lowest BCUT2D eigenvalue weighted by Gasteiger charge is -2.15. The maximum absolute atomic E-state index is 12.4. The minimum absolute atomic E-state index is 0.0119. The number of hydrogen-bond donors (Lipinski definition) is 6. The predicted octanol–water partition coefficient (Wildman–Crippen LogP) is 3.74. The number of halogens is 2. The number of benzene rings is 2. The van der Waals surface area contributed by atoms with Crippen molar-refractivity contribution in [3.8, 4) is 0 Å². The van der Waals surface area contributed by atoms with Crippen LogP contribution in [-0.2, 0) is 29.1 Å². The Morgan fingerprint density at radius 1 is 0.820 bits per heavy atom. The fourth-order valence-corrected chi connectivity index (χ4v) is 5.50. The summed E-state index contributed by atoms with van der Waals surface area (Å²) in [5.74, 6) is -2.50. The molecule has 0 saturated carbocycles. The van der Waals surface area contributed by atoms with E-state index in [0.29, 0.717) is 28.2 Å². The number of carbonyl (C=O) groups is 2. The van der Waals surface area contributed by atoms with E-state index >= 15 is 0 Å². The van der Waals surface area contributed by atoms with Crippen molar-refractivity contribution in [2.24, 2.45) is 0 Å². The van der Waals surface area contributed by atoms with Crippen LogP contribution in [-0.4, -0.2) is 97.5 Å². The molecule has 0 saturated heterocycles. The lowest BCUT2D eigenvalue weighted by molar-refractivity contribution is -0.432. The molecule has 2 aromatic heterocycles. The molecule has 6 N–H and O–H groups in total. The summed E-state index contributed by atoms with van der Waals surface area (Å²) in [6.07, 6.45) is 2.87. The fraction of sp³-hybridized carbons (Fsp3) is 0.154. The summed E-state index contributed by atoms with van der Waals surface area (Å²) in [5, 5.41) is 35.7. The van der Waals surface area contributed by atoms with Crippen LogP contribution in [0.1, 0.15) is 11.1 Å². The van der Waals surface area contributed by atoms with Gasteiger partial charge in [0.25, 0.3) is 10.1 Å². The van der Waals surface area contributed by atoms with Gasteiger partial charge in [-0.15, -0.1) is 4.33 Å². The Morgan fingerprint density at radius 3 is 1.78 bits per heavy atom. The van der Waals surface area contributed by atoms with Crippen LogP contribution < -0.4 is 20.4 Å². The average Bonchev–Trinajstić information content (AvgIpc) is 3.02. The van der Waals surface area contributed by atoms with Gasteiger partial charge in [-0.2, -0.15) is 38.3 Å². The zero-order valence-corrected chi connectivity index (χ0v) is 28.6. The normalized spacial score (nSPS) is 11.4. The van der Waals surface area contributed by atoms with Crippen LogP contribution in [0.5, 0.6) is 0 Å². The summed E-state index contributed by atoms with van der Waals surface area (Å²) in [5.41, 5.74) is 0.989. The van der Waals surface area contributed by atoms with Crippen molar-refractivity contribution >= 4 is 105 Å². The van der Waals surface area contributed by atoms with Crippen molar-refractivity contribution in [1.29, 1.82) is 0 Å². The third-order valence-electron chi connectivity index (χ3n) is 6.03. The van der Waals surface area contributed by atoms with E-state index in [1.165, 1.54) is 54.2 Å². The van der Waals surface area contributed by atoms with Crippen LogP contribution in [0.15, 0.2) is 46.2 Å². The first-order chi connectivity index (χ1) is 23.6. The quantitative estimate of drug-likeness (QED) is 0.0311. The number of hydrogen-bond acceptors (Lipinski definition) is 18. The number of likely N-dealkylation sites (N-methyl/N-ethyl adjacent to an activating group) is 2. The molecule has 50 heavy (non-hydrogen) atoms. The first-order valence-electron chi connectivity index (χ1n) is 13.4. The van der Waals surface area contributed by atoms with Crippen molar-refractivity contribution in [1.82, 2.24) is 29.9 Å². The Labute approximate surface area is 296 Å². The summed E-state index contributed by atoms with van der Waals surface area (Å²) in [4.78, 5) is 48.4. The minimum Gasteiger partial charge on any atom is -0.480 e. The lowest BCUT2D eigenvalue weighted by atomic mass is 10.1. The molecule has 0 aliphatic rings. The highest BCUT2D eigenvalue weighted by molar-refractivity contribution is 7.94. The van der Waals surface area contributed by atoms with Crippen molar-refractivity contribution in [2.75, 3.05) is 47.6 Å². The first kappa shape index (κ1) is 37.9. The smallest absolute Gasteiger partial charge is 0.323 e. The van der Waals surface area contributed by atoms with Crippen LogP contribution in [0.2, 0.25) is 10.6 Å². The molecule has 0 radical (unpaired) electrons. The van der Waals surface area contributed by atoms with Crippen LogP contribution in [0, 0.1) is 0 Å². The van der Waals surface area contributed by atoms with Crippen molar-refractivity contribution in [3.63, 3.8) is 0 Å². The van der Waals surface area contributed by atoms with E-state index in [-0.39, 0.29) is 45.6 Å². The Hall–Kier alpha value is -4.94. The second-order valence-electron chi connectivity index (χ2n) is 9.75. The Balaban J connectivity index is 1.62. The molecule has 4 rings (SSSR count). The zero-order chi connectivity index (χ0) is 36.6. The Kier molecular flexibility index (Phi) is 12.6. The lowest BCUT2D eigenvalue weighted by Crippen LogP contribution is -2.27. The van der Waals surface area contributed by atoms with E-state index in [2.05, 4.69) is 49.9 Å². The number of nitrogens with zero attached hydrogens (tertiary/aromatic N) is 8. The van der Waals surface area contributed by atoms with Gasteiger partial charge in [0.05, 0.1) is 12.0 Å². The molecular formula is C26H24Cl2N10O10S2. The van der Waals surface area contributed by atoms with Crippen molar-refractivity contribution in [2.45, 2.75) is 9.79 Å². The number of aromatic nitrogens is 6. The maximum Gasteiger partial charge on any atom is 0.323 e. The monoisotopic (exact) mass is 770 g/mol. The van der Waals surface area contributed by atoms with E-state index < -0.39 is 40.0 Å². The van der Waals surface area contributed by atoms with E-state index in [1.54, 1.807) is 12.1 Å². The third kappa shape index (κ3) is 10.8. The standard InChI is InChI=1S/C26H24Cl2N10O10S2/c1-37(11-19(39)40)25-33-21(27)31-23(35-25)29-15-7-5-13(17(9-15)49-48-47-43)3-4-14-6-8-16(10-18(14)50(44,45)46)30-24-32-22(28)34-26(36-24)38(2)12-20(41)42/h3-10,43H,11-12H2,1-2H3,(H,39,40)(H,41,42)(H,44,45,46)(H,29,31,33,35)(H,30,32,34,36)/b4-3+. The fourth-order valence-electron chi connectivity index (χ4n) is 3.96. The van der Waals surface area contributed by atoms with Crippen LogP contribution in [0.3, 0.4) is 0 Å². The SMILES string of the molecule is CN(CC(=O)O)c1nc(Cl)nc(Nc2ccc(/C=C/c3ccc(Nc4nc(Cl)nc(N(C)CC(=O)O)n4)cc3S(=O)(=O)O)c(SOOO)c2)n1. The number of anilines is 6. The molecule has 0 aliphatic heterocycles. The Morgan fingerprint density at radius 2 is 1.30 bits per heavy atom. The first-order valence-corrected chi connectivity index (χ1v) is 16.4. The van der Waals surface area contributed by atoms with Gasteiger partial charge in [0.15, 0.2) is 0 Å². The summed E-state index contributed by atoms with van der Waals surface area (Å²) in [7, 11) is -1.91. The molecule has 0 amide bonds. The molecule has 0 fully saturated rings. The minimum atomic E-state index is -4.78. The largest absolute Gasteiger partial charge is 0.480 e. The van der Waals surface area contributed by atoms with Gasteiger partial charge in [-0.05, 0) is 58.6 Å². The number of nitrogens with one attached hydrogen (secondary N) is 2. The van der Waals surface area contributed by atoms with Gasteiger partial charge in [-0.25, -0.2) is 5.26 Å². The molecule has 4 aromatic rings. The summed E-state index contributed by atoms with van der Waals surface area (Å²) < 4.78 is 39.4. The topological polar surface area (TPSA) is 276 Å². The molecular weight excluding hydrogens is 747 g/mol. The second-order valence-corrected chi connectivity index (χ2v) is 12.6. The molecule has 24 heteroatoms. The highest BCUT2D eigenvalue weighted by Gasteiger charge is 2.18. The second kappa shape index (κ2) is 16.6. The van der Waals surface area contributed by atoms with Crippen LogP contribution in [0.25, 0.3) is 12.2 Å². The van der Waals surface area contributed by atoms with Crippen molar-refractivity contribution < 1.29 is 47.4 Å². The molecule has 0 bridgehead atoms. The molecule has 0 unspecified atom stereocenters. The number of aliphatic carboxylic acids is 2. The summed E-state index contributed by atoms with van der Waals surface area (Å²) >= 11 is 12.6. The van der Waals surface area contributed by atoms with Gasteiger partial charge in [0, 0.05) is 30.4 Å². The summed E-state index contributed by atoms with van der Waals surface area (Å²) in [6, 6.07) is 8.64. The van der Waals surface area contributed by atoms with Crippen LogP contribution >= 0.6 is 35.2 Å². The Bertz CT molecular complexity index is 2040. The molecule has 2 heterocycles. The predicted molar refractivity (Wildman–Crippen MR) is 180 cm³/mol. The van der Waals surface area contributed by atoms with Gasteiger partial charge in [0.1, 0.15) is 18.0 Å². The highest BCUT2D eigenvalue weighted by Crippen LogP contribution is 2.31. The van der Waals surface area contributed by atoms with Gasteiger partial charge in [0.2, 0.25) is 34.4 Å². The van der Waals surface area contributed by atoms with Gasteiger partial charge in [-0.3, -0.25) is 14.1 Å². The summed E-state index contributed by atoms with van der Waals surface area (Å²) in [6.45, 7) is -0.837. The van der Waals surface area contributed by atoms with E-state index in [4.69, 9.17) is 38.7 Å². The van der Waals surface area contributed by atoms with Crippen LogP contribution in [0.4, 0.5) is 35.2 Å². The van der Waals surface area contributed by atoms with Gasteiger partial charge in [-0.1, -0.05) is 29.3 Å². The third-order valence-corrected chi connectivity index (χ3v) is 7.94. The van der Waals surface area contributed by atoms with Gasteiger partial charge >= 0.3 is 11.9 Å². The molecule has 20 nitrogen and oxygen atoms in total. The van der Waals surface area contributed by atoms with E-state index in [1.807, 2.05) is 0 Å². The molecule has 264 valence electrons. The maximum atomic E-state index is 12.4. The molecule has 0 aliphatic carbocycles. The number of rotatable bonds is 16. The molecule has 2 aromatic carbocycles. The number of carboxylic acid groups (broad SMARTS) is 2. The van der Waals surface area contributed by atoms with E-state index in [0.717, 1.165) is 6.07 Å².